The van der Waals surface area contributed by atoms with Gasteiger partial charge in [0.1, 0.15) is 5.69 Å². The number of benzene rings is 1. The molecule has 0 fully saturated rings. The summed E-state index contributed by atoms with van der Waals surface area (Å²) in [6, 6.07) is 6.28. The Balaban J connectivity index is 2.28. The molecule has 110 valence electrons. The van der Waals surface area contributed by atoms with Crippen molar-refractivity contribution >= 4 is 28.6 Å². The number of nitro benzene ring substituents is 1. The van der Waals surface area contributed by atoms with Crippen molar-refractivity contribution in [2.45, 2.75) is 13.5 Å². The Morgan fingerprint density at radius 3 is 2.71 bits per heavy atom. The van der Waals surface area contributed by atoms with Gasteiger partial charge in [-0.1, -0.05) is 0 Å². The van der Waals surface area contributed by atoms with Crippen molar-refractivity contribution in [1.82, 2.24) is 5.32 Å². The number of aryl methyl sites for hydroxylation is 1. The summed E-state index contributed by atoms with van der Waals surface area (Å²) in [6.07, 6.45) is 0. The van der Waals surface area contributed by atoms with Gasteiger partial charge in [0.05, 0.1) is 4.92 Å². The van der Waals surface area contributed by atoms with E-state index in [0.717, 1.165) is 10.4 Å². The molecule has 0 aliphatic rings. The maximum atomic E-state index is 11.6. The number of nitro groups is 1. The molecule has 6 nitrogen and oxygen atoms in total. The van der Waals surface area contributed by atoms with Crippen LogP contribution in [-0.2, 0) is 6.54 Å². The van der Waals surface area contributed by atoms with E-state index in [1.54, 1.807) is 11.3 Å². The number of carbonyl (C=O) groups excluding carboxylic acids is 1. The number of carbonyl (C=O) groups is 1. The van der Waals surface area contributed by atoms with Crippen molar-refractivity contribution in [3.05, 3.63) is 55.8 Å². The van der Waals surface area contributed by atoms with E-state index in [-0.39, 0.29) is 11.6 Å². The minimum absolute atomic E-state index is 0.0446. The minimum atomic E-state index is -0.461. The van der Waals surface area contributed by atoms with Crippen molar-refractivity contribution in [3.63, 3.8) is 0 Å². The van der Waals surface area contributed by atoms with Gasteiger partial charge in [0, 0.05) is 30.1 Å². The van der Waals surface area contributed by atoms with Gasteiger partial charge in [-0.3, -0.25) is 14.9 Å². The van der Waals surface area contributed by atoms with Crippen LogP contribution >= 0.6 is 11.3 Å². The zero-order valence-corrected chi connectivity index (χ0v) is 12.5. The maximum absolute atomic E-state index is 11.6. The second kappa shape index (κ2) is 6.36. The number of anilines is 1. The van der Waals surface area contributed by atoms with Gasteiger partial charge in [0.2, 0.25) is 0 Å². The molecular formula is C14H15N3O3S. The Hall–Kier alpha value is -2.41. The first-order valence-electron chi connectivity index (χ1n) is 6.30. The molecule has 7 heteroatoms. The molecular weight excluding hydrogens is 290 g/mol. The molecule has 0 saturated heterocycles. The Morgan fingerprint density at radius 1 is 1.38 bits per heavy atom. The summed E-state index contributed by atoms with van der Waals surface area (Å²) >= 11 is 1.59. The minimum Gasteiger partial charge on any atom is -0.375 e. The molecule has 0 saturated carbocycles. The van der Waals surface area contributed by atoms with Crippen LogP contribution in [0, 0.1) is 17.0 Å². The summed E-state index contributed by atoms with van der Waals surface area (Å²) in [5.41, 5.74) is 1.82. The fourth-order valence-corrected chi connectivity index (χ4v) is 2.73. The highest BCUT2D eigenvalue weighted by molar-refractivity contribution is 7.10. The normalized spacial score (nSPS) is 10.2. The summed E-state index contributed by atoms with van der Waals surface area (Å²) in [5, 5.41) is 18.6. The smallest absolute Gasteiger partial charge is 0.292 e. The third-order valence-electron chi connectivity index (χ3n) is 3.09. The maximum Gasteiger partial charge on any atom is 0.292 e. The summed E-state index contributed by atoms with van der Waals surface area (Å²) in [6.45, 7) is 2.48. The lowest BCUT2D eigenvalue weighted by molar-refractivity contribution is -0.384. The zero-order valence-electron chi connectivity index (χ0n) is 11.7. The number of nitrogens with zero attached hydrogens (tertiary/aromatic N) is 1. The predicted molar refractivity (Wildman–Crippen MR) is 82.9 cm³/mol. The van der Waals surface area contributed by atoms with Gasteiger partial charge in [-0.25, -0.2) is 0 Å². The lowest BCUT2D eigenvalue weighted by atomic mass is 10.1. The van der Waals surface area contributed by atoms with Gasteiger partial charge in [0.25, 0.3) is 11.6 Å². The largest absolute Gasteiger partial charge is 0.375 e. The van der Waals surface area contributed by atoms with Crippen molar-refractivity contribution in [2.24, 2.45) is 0 Å². The van der Waals surface area contributed by atoms with E-state index < -0.39 is 4.92 Å². The number of thiophene rings is 1. The molecule has 0 unspecified atom stereocenters. The third-order valence-corrected chi connectivity index (χ3v) is 4.11. The first kappa shape index (κ1) is 15.0. The van der Waals surface area contributed by atoms with Gasteiger partial charge < -0.3 is 10.6 Å². The fraction of sp³-hybridized carbons (Fsp3) is 0.214. The van der Waals surface area contributed by atoms with Crippen LogP contribution in [0.4, 0.5) is 11.4 Å². The number of amides is 1. The standard InChI is InChI=1S/C14H15N3O3S/c1-9-5-6-21-13(9)8-16-11-7-10(14(18)15-2)3-4-12(11)17(19)20/h3-7,16H,8H2,1-2H3,(H,15,18). The van der Waals surface area contributed by atoms with Crippen LogP contribution in [0.3, 0.4) is 0 Å². The molecule has 0 atom stereocenters. The number of nitrogens with one attached hydrogen (secondary N) is 2. The summed E-state index contributed by atoms with van der Waals surface area (Å²) < 4.78 is 0. The van der Waals surface area contributed by atoms with Gasteiger partial charge in [-0.05, 0) is 36.1 Å². The lowest BCUT2D eigenvalue weighted by Gasteiger charge is -2.08. The second-order valence-corrected chi connectivity index (χ2v) is 5.45. The van der Waals surface area contributed by atoms with Crippen LogP contribution in [0.1, 0.15) is 20.8 Å². The van der Waals surface area contributed by atoms with Crippen LogP contribution in [-0.4, -0.2) is 17.9 Å². The van der Waals surface area contributed by atoms with Crippen LogP contribution < -0.4 is 10.6 Å². The average Bonchev–Trinajstić information content (AvgIpc) is 2.89. The summed E-state index contributed by atoms with van der Waals surface area (Å²) in [4.78, 5) is 23.3. The van der Waals surface area contributed by atoms with Gasteiger partial charge in [-0.2, -0.15) is 0 Å². The summed E-state index contributed by atoms with van der Waals surface area (Å²) in [7, 11) is 1.52. The Kier molecular flexibility index (Phi) is 4.54. The van der Waals surface area contributed by atoms with Crippen LogP contribution in [0.5, 0.6) is 0 Å². The molecule has 2 rings (SSSR count). The van der Waals surface area contributed by atoms with E-state index in [9.17, 15) is 14.9 Å². The monoisotopic (exact) mass is 305 g/mol. The predicted octanol–water partition coefficient (Wildman–Crippen LogP) is 2.94. The number of hydrogen-bond acceptors (Lipinski definition) is 5. The number of rotatable bonds is 5. The highest BCUT2D eigenvalue weighted by Crippen LogP contribution is 2.27. The van der Waals surface area contributed by atoms with Crippen molar-refractivity contribution in [2.75, 3.05) is 12.4 Å². The molecule has 1 amide bonds. The quantitative estimate of drug-likeness (QED) is 0.657. The fourth-order valence-electron chi connectivity index (χ4n) is 1.88. The molecule has 0 aliphatic carbocycles. The molecule has 1 aromatic carbocycles. The van der Waals surface area contributed by atoms with Crippen molar-refractivity contribution < 1.29 is 9.72 Å². The lowest BCUT2D eigenvalue weighted by Crippen LogP contribution is -2.18. The molecule has 2 aromatic rings. The van der Waals surface area contributed by atoms with Crippen molar-refractivity contribution in [3.8, 4) is 0 Å². The third kappa shape index (κ3) is 3.38. The average molecular weight is 305 g/mol. The first-order chi connectivity index (χ1) is 10.0. The molecule has 0 aliphatic heterocycles. The molecule has 2 N–H and O–H groups in total. The first-order valence-corrected chi connectivity index (χ1v) is 7.18. The van der Waals surface area contributed by atoms with Gasteiger partial charge >= 0.3 is 0 Å². The van der Waals surface area contributed by atoms with E-state index in [2.05, 4.69) is 10.6 Å². The Morgan fingerprint density at radius 2 is 2.14 bits per heavy atom. The molecule has 1 heterocycles. The SMILES string of the molecule is CNC(=O)c1ccc([N+](=O)[O-])c(NCc2sccc2C)c1. The Bertz CT molecular complexity index is 682. The molecule has 0 radical (unpaired) electrons. The van der Waals surface area contributed by atoms with Crippen LogP contribution in [0.25, 0.3) is 0 Å². The van der Waals surface area contributed by atoms with Crippen LogP contribution in [0.15, 0.2) is 29.6 Å². The van der Waals surface area contributed by atoms with E-state index >= 15 is 0 Å². The molecule has 21 heavy (non-hydrogen) atoms. The number of hydrogen-bond donors (Lipinski definition) is 2. The van der Waals surface area contributed by atoms with Crippen molar-refractivity contribution in [1.29, 1.82) is 0 Å². The second-order valence-electron chi connectivity index (χ2n) is 4.45. The van der Waals surface area contributed by atoms with E-state index in [0.29, 0.717) is 17.8 Å². The molecule has 0 bridgehead atoms. The van der Waals surface area contributed by atoms with E-state index in [1.165, 1.54) is 25.2 Å². The van der Waals surface area contributed by atoms with Gasteiger partial charge in [-0.15, -0.1) is 11.3 Å². The van der Waals surface area contributed by atoms with E-state index in [4.69, 9.17) is 0 Å². The highest BCUT2D eigenvalue weighted by Gasteiger charge is 2.16. The highest BCUT2D eigenvalue weighted by atomic mass is 32.1. The Labute approximate surface area is 126 Å². The summed E-state index contributed by atoms with van der Waals surface area (Å²) in [5.74, 6) is -0.278. The van der Waals surface area contributed by atoms with Crippen LogP contribution in [0.2, 0.25) is 0 Å². The topological polar surface area (TPSA) is 84.3 Å². The van der Waals surface area contributed by atoms with Gasteiger partial charge in [0.15, 0.2) is 0 Å². The molecule has 0 spiro atoms. The zero-order chi connectivity index (χ0) is 15.4. The van der Waals surface area contributed by atoms with E-state index in [1.807, 2.05) is 18.4 Å². The molecule has 1 aromatic heterocycles.